The summed E-state index contributed by atoms with van der Waals surface area (Å²) in [7, 11) is 0. The van der Waals surface area contributed by atoms with Crippen molar-refractivity contribution in [2.24, 2.45) is 0 Å². The van der Waals surface area contributed by atoms with Gasteiger partial charge in [-0.05, 0) is 18.2 Å². The predicted octanol–water partition coefficient (Wildman–Crippen LogP) is 0.903. The number of thioether (sulfide) groups is 1. The lowest BCUT2D eigenvalue weighted by molar-refractivity contribution is -0.113. The van der Waals surface area contributed by atoms with E-state index >= 15 is 0 Å². The first-order valence-electron chi connectivity index (χ1n) is 5.91. The van der Waals surface area contributed by atoms with Gasteiger partial charge in [0.2, 0.25) is 5.91 Å². The summed E-state index contributed by atoms with van der Waals surface area (Å²) in [5.74, 6) is 0.335. The van der Waals surface area contributed by atoms with Crippen LogP contribution in [0.2, 0.25) is 0 Å². The number of amides is 1. The second-order valence-corrected chi connectivity index (χ2v) is 6.21. The Hall–Kier alpha value is -1.35. The number of hydrogen-bond acceptors (Lipinski definition) is 7. The Bertz CT molecular complexity index is 603. The van der Waals surface area contributed by atoms with Crippen LogP contribution in [0.3, 0.4) is 0 Å². The van der Waals surface area contributed by atoms with Gasteiger partial charge in [-0.15, -0.1) is 11.8 Å². The Morgan fingerprint density at radius 3 is 3.10 bits per heavy atom. The lowest BCUT2D eigenvalue weighted by atomic mass is 10.3. The number of rotatable bonds is 6. The van der Waals surface area contributed by atoms with Crippen molar-refractivity contribution in [1.29, 1.82) is 0 Å². The lowest BCUT2D eigenvalue weighted by Gasteiger charge is -2.05. The molecule has 0 aliphatic heterocycles. The van der Waals surface area contributed by atoms with Crippen LogP contribution in [0.4, 0.5) is 10.8 Å². The maximum atomic E-state index is 11.7. The molecule has 2 aromatic rings. The largest absolute Gasteiger partial charge is 0.399 e. The van der Waals surface area contributed by atoms with Gasteiger partial charge < -0.3 is 21.3 Å². The lowest BCUT2D eigenvalue weighted by Crippen LogP contribution is -2.19. The molecule has 0 saturated carbocycles. The molecule has 0 bridgehead atoms. The fourth-order valence-corrected chi connectivity index (χ4v) is 3.17. The van der Waals surface area contributed by atoms with Crippen LogP contribution in [0.15, 0.2) is 18.2 Å². The van der Waals surface area contributed by atoms with Crippen molar-refractivity contribution in [3.05, 3.63) is 18.2 Å². The van der Waals surface area contributed by atoms with Gasteiger partial charge in [-0.2, -0.15) is 0 Å². The zero-order valence-corrected chi connectivity index (χ0v) is 12.2. The highest BCUT2D eigenvalue weighted by atomic mass is 32.2. The van der Waals surface area contributed by atoms with E-state index in [9.17, 15) is 4.79 Å². The van der Waals surface area contributed by atoms with Gasteiger partial charge in [0.25, 0.3) is 0 Å². The number of aliphatic hydroxyl groups is 2. The number of aromatic nitrogens is 1. The molecule has 8 heteroatoms. The third kappa shape index (κ3) is 4.07. The molecule has 20 heavy (non-hydrogen) atoms. The molecule has 1 aromatic carbocycles. The number of thiazole rings is 1. The van der Waals surface area contributed by atoms with Gasteiger partial charge in [0.15, 0.2) is 5.13 Å². The number of nitrogen functional groups attached to an aromatic ring is 1. The summed E-state index contributed by atoms with van der Waals surface area (Å²) in [5, 5.41) is 21.0. The van der Waals surface area contributed by atoms with E-state index in [2.05, 4.69) is 10.3 Å². The van der Waals surface area contributed by atoms with E-state index in [4.69, 9.17) is 15.9 Å². The number of nitrogens with two attached hydrogens (primary N) is 1. The normalized spacial score (nSPS) is 12.5. The second-order valence-electron chi connectivity index (χ2n) is 4.15. The van der Waals surface area contributed by atoms with E-state index in [-0.39, 0.29) is 18.3 Å². The van der Waals surface area contributed by atoms with Crippen molar-refractivity contribution in [1.82, 2.24) is 4.98 Å². The van der Waals surface area contributed by atoms with Crippen LogP contribution in [0.25, 0.3) is 10.2 Å². The van der Waals surface area contributed by atoms with E-state index in [0.29, 0.717) is 16.6 Å². The molecule has 0 fully saturated rings. The monoisotopic (exact) mass is 313 g/mol. The maximum absolute atomic E-state index is 11.7. The van der Waals surface area contributed by atoms with Gasteiger partial charge >= 0.3 is 0 Å². The van der Waals surface area contributed by atoms with Crippen LogP contribution in [0.1, 0.15) is 0 Å². The van der Waals surface area contributed by atoms with Crippen molar-refractivity contribution in [3.8, 4) is 0 Å². The third-order valence-corrected chi connectivity index (χ3v) is 4.43. The van der Waals surface area contributed by atoms with E-state index in [0.717, 1.165) is 10.2 Å². The first-order valence-corrected chi connectivity index (χ1v) is 7.88. The molecule has 2 rings (SSSR count). The molecule has 0 spiro atoms. The molecule has 5 N–H and O–H groups in total. The van der Waals surface area contributed by atoms with Crippen molar-refractivity contribution in [2.45, 2.75) is 6.10 Å². The fourth-order valence-electron chi connectivity index (χ4n) is 1.49. The molecule has 1 heterocycles. The Morgan fingerprint density at radius 1 is 1.55 bits per heavy atom. The highest BCUT2D eigenvalue weighted by Gasteiger charge is 2.09. The molecule has 108 valence electrons. The van der Waals surface area contributed by atoms with Crippen LogP contribution in [0.5, 0.6) is 0 Å². The average molecular weight is 313 g/mol. The molecule has 0 saturated heterocycles. The third-order valence-electron chi connectivity index (χ3n) is 2.41. The van der Waals surface area contributed by atoms with Crippen molar-refractivity contribution < 1.29 is 15.0 Å². The van der Waals surface area contributed by atoms with Crippen LogP contribution in [-0.2, 0) is 4.79 Å². The molecule has 6 nitrogen and oxygen atoms in total. The van der Waals surface area contributed by atoms with E-state index in [1.807, 2.05) is 12.1 Å². The van der Waals surface area contributed by atoms with Crippen LogP contribution < -0.4 is 11.1 Å². The molecular weight excluding hydrogens is 298 g/mol. The fraction of sp³-hybridized carbons (Fsp3) is 0.333. The highest BCUT2D eigenvalue weighted by Crippen LogP contribution is 2.27. The second kappa shape index (κ2) is 6.89. The van der Waals surface area contributed by atoms with Crippen LogP contribution in [-0.4, -0.2) is 45.3 Å². The number of carbonyl (C=O) groups is 1. The summed E-state index contributed by atoms with van der Waals surface area (Å²) >= 11 is 2.62. The summed E-state index contributed by atoms with van der Waals surface area (Å²) in [6.07, 6.45) is -0.793. The Labute approximate surface area is 124 Å². The van der Waals surface area contributed by atoms with Gasteiger partial charge in [-0.1, -0.05) is 11.3 Å². The maximum Gasteiger partial charge on any atom is 0.236 e. The van der Waals surface area contributed by atoms with Crippen molar-refractivity contribution in [2.75, 3.05) is 29.2 Å². The average Bonchev–Trinajstić information content (AvgIpc) is 2.79. The topological polar surface area (TPSA) is 108 Å². The SMILES string of the molecule is Nc1ccc2nc(NC(=O)CSCC(O)CO)sc2c1. The number of carbonyl (C=O) groups excluding carboxylic acids is 1. The molecule has 1 aromatic heterocycles. The summed E-state index contributed by atoms with van der Waals surface area (Å²) in [5.41, 5.74) is 7.14. The number of anilines is 2. The van der Waals surface area contributed by atoms with Gasteiger partial charge in [0.1, 0.15) is 0 Å². The van der Waals surface area contributed by atoms with Gasteiger partial charge in [0, 0.05) is 11.4 Å². The number of benzene rings is 1. The number of nitrogens with one attached hydrogen (secondary N) is 1. The molecular formula is C12H15N3O3S2. The zero-order chi connectivity index (χ0) is 14.5. The van der Waals surface area contributed by atoms with E-state index in [1.165, 1.54) is 23.1 Å². The minimum atomic E-state index is -0.793. The number of aliphatic hydroxyl groups excluding tert-OH is 2. The summed E-state index contributed by atoms with van der Waals surface area (Å²) in [6.45, 7) is -0.298. The predicted molar refractivity (Wildman–Crippen MR) is 83.1 cm³/mol. The summed E-state index contributed by atoms with van der Waals surface area (Å²) in [4.78, 5) is 16.0. The zero-order valence-electron chi connectivity index (χ0n) is 10.6. The molecule has 0 aliphatic rings. The Kier molecular flexibility index (Phi) is 5.18. The standard InChI is InChI=1S/C12H15N3O3S2/c13-7-1-2-9-10(3-7)20-12(14-9)15-11(18)6-19-5-8(17)4-16/h1-3,8,16-17H,4-6,13H2,(H,14,15,18). The first-order chi connectivity index (χ1) is 9.58. The molecule has 1 amide bonds. The van der Waals surface area contributed by atoms with E-state index < -0.39 is 6.10 Å². The summed E-state index contributed by atoms with van der Waals surface area (Å²) < 4.78 is 0.920. The van der Waals surface area contributed by atoms with Gasteiger partial charge in [-0.25, -0.2) is 4.98 Å². The van der Waals surface area contributed by atoms with Gasteiger partial charge in [-0.3, -0.25) is 4.79 Å². The minimum absolute atomic E-state index is 0.188. The van der Waals surface area contributed by atoms with E-state index in [1.54, 1.807) is 6.07 Å². The van der Waals surface area contributed by atoms with Gasteiger partial charge in [0.05, 0.1) is 28.7 Å². The molecule has 0 aliphatic carbocycles. The smallest absolute Gasteiger partial charge is 0.236 e. The molecule has 1 atom stereocenters. The summed E-state index contributed by atoms with van der Waals surface area (Å²) in [6, 6.07) is 5.39. The van der Waals surface area contributed by atoms with Crippen molar-refractivity contribution >= 4 is 50.0 Å². The number of fused-ring (bicyclic) bond motifs is 1. The minimum Gasteiger partial charge on any atom is -0.399 e. The number of nitrogens with zero attached hydrogens (tertiary/aromatic N) is 1. The van der Waals surface area contributed by atoms with Crippen molar-refractivity contribution in [3.63, 3.8) is 0 Å². The van der Waals surface area contributed by atoms with Crippen LogP contribution in [0, 0.1) is 0 Å². The molecule has 0 radical (unpaired) electrons. The first kappa shape index (κ1) is 15.0. The van der Waals surface area contributed by atoms with Crippen LogP contribution >= 0.6 is 23.1 Å². The molecule has 1 unspecified atom stereocenters. The highest BCUT2D eigenvalue weighted by molar-refractivity contribution is 8.00. The Balaban J connectivity index is 1.89. The quantitative estimate of drug-likeness (QED) is 0.590. The Morgan fingerprint density at radius 2 is 2.35 bits per heavy atom. The number of hydrogen-bond donors (Lipinski definition) is 4.